The van der Waals surface area contributed by atoms with Crippen molar-refractivity contribution in [1.29, 1.82) is 0 Å². The summed E-state index contributed by atoms with van der Waals surface area (Å²) in [5.74, 6) is 0.393. The minimum Gasteiger partial charge on any atom is -0.469 e. The number of rotatable bonds is 1. The summed E-state index contributed by atoms with van der Waals surface area (Å²) in [4.78, 5) is 12.3. The van der Waals surface area contributed by atoms with Crippen molar-refractivity contribution < 1.29 is 9.21 Å². The lowest BCUT2D eigenvalue weighted by atomic mass is 10.1. The van der Waals surface area contributed by atoms with Crippen molar-refractivity contribution in [3.63, 3.8) is 0 Å². The first kappa shape index (κ1) is 11.4. The lowest BCUT2D eigenvalue weighted by molar-refractivity contribution is 0.0940. The molecule has 0 aliphatic heterocycles. The third kappa shape index (κ3) is 1.63. The number of anilines is 1. The van der Waals surface area contributed by atoms with E-state index >= 15 is 0 Å². The van der Waals surface area contributed by atoms with Gasteiger partial charge >= 0.3 is 0 Å². The Bertz CT molecular complexity index is 574. The van der Waals surface area contributed by atoms with Crippen LogP contribution in [-0.4, -0.2) is 15.7 Å². The van der Waals surface area contributed by atoms with Crippen LogP contribution in [-0.2, 0) is 0 Å². The number of hydrogen-bond acceptors (Lipinski definition) is 4. The minimum absolute atomic E-state index is 0.203. The van der Waals surface area contributed by atoms with E-state index in [0.717, 1.165) is 5.56 Å². The molecule has 90 valence electrons. The lowest BCUT2D eigenvalue weighted by Gasteiger charge is -2.03. The van der Waals surface area contributed by atoms with Gasteiger partial charge in [0.05, 0.1) is 28.9 Å². The van der Waals surface area contributed by atoms with Crippen LogP contribution < -0.4 is 5.73 Å². The van der Waals surface area contributed by atoms with Crippen LogP contribution in [0, 0.1) is 27.7 Å². The van der Waals surface area contributed by atoms with Gasteiger partial charge < -0.3 is 10.2 Å². The fourth-order valence-electron chi connectivity index (χ4n) is 1.85. The highest BCUT2D eigenvalue weighted by molar-refractivity contribution is 5.98. The van der Waals surface area contributed by atoms with Crippen LogP contribution in [0.3, 0.4) is 0 Å². The average molecular weight is 233 g/mol. The fourth-order valence-corrected chi connectivity index (χ4v) is 1.85. The fraction of sp³-hybridized carbons (Fsp3) is 0.333. The number of nitrogen functional groups attached to an aromatic ring is 1. The van der Waals surface area contributed by atoms with Crippen LogP contribution in [0.2, 0.25) is 0 Å². The summed E-state index contributed by atoms with van der Waals surface area (Å²) in [5.41, 5.74) is 9.04. The SMILES string of the molecule is Cc1coc(C)c1C(=O)n1nc(C)c(N)c1C. The second-order valence-electron chi connectivity index (χ2n) is 4.15. The van der Waals surface area contributed by atoms with Crippen molar-refractivity contribution in [1.82, 2.24) is 9.78 Å². The van der Waals surface area contributed by atoms with Gasteiger partial charge in [-0.15, -0.1) is 0 Å². The molecule has 2 N–H and O–H groups in total. The number of furan rings is 1. The number of nitrogens with zero attached hydrogens (tertiary/aromatic N) is 2. The van der Waals surface area contributed by atoms with Crippen molar-refractivity contribution in [2.75, 3.05) is 5.73 Å². The number of aryl methyl sites for hydroxylation is 3. The van der Waals surface area contributed by atoms with Crippen molar-refractivity contribution in [3.05, 3.63) is 34.5 Å². The normalized spacial score (nSPS) is 10.8. The van der Waals surface area contributed by atoms with Crippen LogP contribution in [0.25, 0.3) is 0 Å². The van der Waals surface area contributed by atoms with E-state index in [0.29, 0.717) is 28.4 Å². The molecule has 0 saturated heterocycles. The molecule has 2 heterocycles. The number of hydrogen-bond donors (Lipinski definition) is 1. The first-order valence-corrected chi connectivity index (χ1v) is 5.34. The summed E-state index contributed by atoms with van der Waals surface area (Å²) in [5, 5.41) is 4.15. The maximum atomic E-state index is 12.3. The summed E-state index contributed by atoms with van der Waals surface area (Å²) in [6, 6.07) is 0. The Morgan fingerprint density at radius 2 is 2.00 bits per heavy atom. The Labute approximate surface area is 99.2 Å². The molecule has 0 spiro atoms. The smallest absolute Gasteiger partial charge is 0.282 e. The topological polar surface area (TPSA) is 74.0 Å². The van der Waals surface area contributed by atoms with Gasteiger partial charge in [-0.2, -0.15) is 9.78 Å². The molecule has 2 aromatic rings. The summed E-state index contributed by atoms with van der Waals surface area (Å²) in [6.45, 7) is 7.15. The third-order valence-electron chi connectivity index (χ3n) is 2.91. The van der Waals surface area contributed by atoms with Crippen molar-refractivity contribution in [2.24, 2.45) is 0 Å². The van der Waals surface area contributed by atoms with E-state index in [1.807, 2.05) is 6.92 Å². The van der Waals surface area contributed by atoms with Crippen LogP contribution in [0.15, 0.2) is 10.7 Å². The van der Waals surface area contributed by atoms with Gasteiger partial charge in [0.1, 0.15) is 5.76 Å². The average Bonchev–Trinajstić information content (AvgIpc) is 2.73. The van der Waals surface area contributed by atoms with E-state index in [2.05, 4.69) is 5.10 Å². The van der Waals surface area contributed by atoms with Crippen LogP contribution >= 0.6 is 0 Å². The number of aromatic nitrogens is 2. The van der Waals surface area contributed by atoms with Gasteiger partial charge in [-0.25, -0.2) is 0 Å². The molecule has 0 bridgehead atoms. The first-order valence-electron chi connectivity index (χ1n) is 5.34. The second kappa shape index (κ2) is 3.76. The Morgan fingerprint density at radius 1 is 1.35 bits per heavy atom. The molecule has 0 amide bonds. The standard InChI is InChI=1S/C12H15N3O2/c1-6-5-17-9(4)10(6)12(16)15-8(3)11(13)7(2)14-15/h5H,13H2,1-4H3. The number of nitrogens with two attached hydrogens (primary N) is 1. The van der Waals surface area contributed by atoms with Crippen LogP contribution in [0.4, 0.5) is 5.69 Å². The van der Waals surface area contributed by atoms with Gasteiger partial charge in [0.2, 0.25) is 0 Å². The summed E-state index contributed by atoms with van der Waals surface area (Å²) >= 11 is 0. The minimum atomic E-state index is -0.203. The maximum absolute atomic E-state index is 12.3. The summed E-state index contributed by atoms with van der Waals surface area (Å²) in [7, 11) is 0. The Kier molecular flexibility index (Phi) is 2.53. The van der Waals surface area contributed by atoms with Crippen molar-refractivity contribution >= 4 is 11.6 Å². The number of carbonyl (C=O) groups excluding carboxylic acids is 1. The predicted octanol–water partition coefficient (Wildman–Crippen LogP) is 1.98. The molecular weight excluding hydrogens is 218 g/mol. The molecule has 5 nitrogen and oxygen atoms in total. The van der Waals surface area contributed by atoms with E-state index < -0.39 is 0 Å². The highest BCUT2D eigenvalue weighted by Gasteiger charge is 2.21. The molecule has 0 aliphatic carbocycles. The predicted molar refractivity (Wildman–Crippen MR) is 64.0 cm³/mol. The van der Waals surface area contributed by atoms with Crippen molar-refractivity contribution in [2.45, 2.75) is 27.7 Å². The van der Waals surface area contributed by atoms with Gasteiger partial charge in [-0.05, 0) is 27.7 Å². The zero-order chi connectivity index (χ0) is 12.7. The molecule has 0 aliphatic rings. The molecular formula is C12H15N3O2. The molecule has 0 atom stereocenters. The Hall–Kier alpha value is -2.04. The second-order valence-corrected chi connectivity index (χ2v) is 4.15. The van der Waals surface area contributed by atoms with E-state index in [4.69, 9.17) is 10.2 Å². The summed E-state index contributed by atoms with van der Waals surface area (Å²) in [6.07, 6.45) is 1.57. The molecule has 0 radical (unpaired) electrons. The Balaban J connectivity index is 2.55. The molecule has 0 unspecified atom stereocenters. The zero-order valence-electron chi connectivity index (χ0n) is 10.4. The van der Waals surface area contributed by atoms with Crippen LogP contribution in [0.5, 0.6) is 0 Å². The first-order chi connectivity index (χ1) is 7.93. The van der Waals surface area contributed by atoms with E-state index in [9.17, 15) is 4.79 Å². The lowest BCUT2D eigenvalue weighted by Crippen LogP contribution is -2.16. The third-order valence-corrected chi connectivity index (χ3v) is 2.91. The maximum Gasteiger partial charge on any atom is 0.282 e. The zero-order valence-corrected chi connectivity index (χ0v) is 10.4. The van der Waals surface area contributed by atoms with E-state index in [1.54, 1.807) is 27.0 Å². The van der Waals surface area contributed by atoms with Crippen LogP contribution in [0.1, 0.15) is 33.1 Å². The molecule has 0 fully saturated rings. The molecule has 0 aromatic carbocycles. The summed E-state index contributed by atoms with van der Waals surface area (Å²) < 4.78 is 6.55. The quantitative estimate of drug-likeness (QED) is 0.817. The van der Waals surface area contributed by atoms with Gasteiger partial charge in [0.25, 0.3) is 5.91 Å². The highest BCUT2D eigenvalue weighted by Crippen LogP contribution is 2.20. The monoisotopic (exact) mass is 233 g/mol. The van der Waals surface area contributed by atoms with E-state index in [1.165, 1.54) is 4.68 Å². The highest BCUT2D eigenvalue weighted by atomic mass is 16.3. The number of carbonyl (C=O) groups is 1. The molecule has 0 saturated carbocycles. The Morgan fingerprint density at radius 3 is 2.41 bits per heavy atom. The van der Waals surface area contributed by atoms with E-state index in [-0.39, 0.29) is 5.91 Å². The van der Waals surface area contributed by atoms with Gasteiger partial charge in [-0.3, -0.25) is 4.79 Å². The largest absolute Gasteiger partial charge is 0.469 e. The molecule has 5 heteroatoms. The molecule has 2 rings (SSSR count). The molecule has 2 aromatic heterocycles. The van der Waals surface area contributed by atoms with Gasteiger partial charge in [-0.1, -0.05) is 0 Å². The van der Waals surface area contributed by atoms with Gasteiger partial charge in [0, 0.05) is 5.56 Å². The molecule has 17 heavy (non-hydrogen) atoms. The van der Waals surface area contributed by atoms with Gasteiger partial charge in [0.15, 0.2) is 0 Å². The van der Waals surface area contributed by atoms with Crippen molar-refractivity contribution in [3.8, 4) is 0 Å².